The van der Waals surface area contributed by atoms with Crippen LogP contribution in [0.15, 0.2) is 28.9 Å². The maximum Gasteiger partial charge on any atom is 0.103 e. The Morgan fingerprint density at radius 1 is 1.70 bits per heavy atom. The van der Waals surface area contributed by atoms with Gasteiger partial charge in [0.1, 0.15) is 5.84 Å². The molecular weight excluding hydrogens is 126 g/mol. The van der Waals surface area contributed by atoms with E-state index in [-0.39, 0.29) is 0 Å². The highest BCUT2D eigenvalue weighted by Gasteiger charge is 2.01. The number of rotatable bonds is 2. The van der Waals surface area contributed by atoms with Gasteiger partial charge in [0, 0.05) is 19.2 Å². The summed E-state index contributed by atoms with van der Waals surface area (Å²) in [5.74, 6) is 0.677. The monoisotopic (exact) mass is 137 g/mol. The summed E-state index contributed by atoms with van der Waals surface area (Å²) >= 11 is 0. The molecule has 0 radical (unpaired) electrons. The van der Waals surface area contributed by atoms with Crippen molar-refractivity contribution < 1.29 is 0 Å². The highest BCUT2D eigenvalue weighted by atomic mass is 14.9. The molecule has 0 amide bonds. The van der Waals surface area contributed by atoms with Gasteiger partial charge in [-0.15, -0.1) is 0 Å². The topological polar surface area (TPSA) is 64.4 Å². The Kier molecular flexibility index (Phi) is 2.23. The van der Waals surface area contributed by atoms with E-state index in [4.69, 9.17) is 11.5 Å². The molecule has 54 valence electrons. The third-order valence-corrected chi connectivity index (χ3v) is 1.25. The van der Waals surface area contributed by atoms with E-state index in [1.807, 2.05) is 12.2 Å². The number of nitrogens with zero attached hydrogens (tertiary/aromatic N) is 1. The van der Waals surface area contributed by atoms with Crippen molar-refractivity contribution in [3.05, 3.63) is 23.9 Å². The molecule has 0 unspecified atom stereocenters. The first-order valence-corrected chi connectivity index (χ1v) is 3.20. The number of aliphatic imine (C=N–C) groups is 1. The smallest absolute Gasteiger partial charge is 0.103 e. The van der Waals surface area contributed by atoms with Crippen LogP contribution in [0.2, 0.25) is 0 Å². The molecule has 0 aliphatic carbocycles. The predicted molar refractivity (Wildman–Crippen MR) is 42.5 cm³/mol. The summed E-state index contributed by atoms with van der Waals surface area (Å²) in [6, 6.07) is 0. The van der Waals surface area contributed by atoms with E-state index < -0.39 is 0 Å². The Bertz CT molecular complexity index is 201. The molecule has 1 heterocycles. The van der Waals surface area contributed by atoms with Crippen LogP contribution in [0.3, 0.4) is 0 Å². The molecule has 0 bridgehead atoms. The van der Waals surface area contributed by atoms with E-state index in [9.17, 15) is 0 Å². The Morgan fingerprint density at radius 2 is 2.50 bits per heavy atom. The fourth-order valence-electron chi connectivity index (χ4n) is 0.788. The maximum atomic E-state index is 5.43. The zero-order valence-corrected chi connectivity index (χ0v) is 5.75. The van der Waals surface area contributed by atoms with E-state index in [1.165, 1.54) is 0 Å². The minimum absolute atomic E-state index is 0.567. The van der Waals surface area contributed by atoms with Gasteiger partial charge in [-0.05, 0) is 5.57 Å². The number of amidine groups is 1. The number of allylic oxidation sites excluding steroid dienone is 1. The number of nitrogens with two attached hydrogens (primary N) is 2. The summed E-state index contributed by atoms with van der Waals surface area (Å²) < 4.78 is 0. The van der Waals surface area contributed by atoms with Crippen LogP contribution in [-0.4, -0.2) is 12.4 Å². The number of hydrogen-bond donors (Lipinski definition) is 2. The molecular formula is C7H11N3. The molecule has 3 nitrogen and oxygen atoms in total. The Hall–Kier alpha value is -1.09. The van der Waals surface area contributed by atoms with Gasteiger partial charge in [-0.1, -0.05) is 12.2 Å². The number of hydrogen-bond acceptors (Lipinski definition) is 3. The van der Waals surface area contributed by atoms with Gasteiger partial charge >= 0.3 is 0 Å². The highest BCUT2D eigenvalue weighted by molar-refractivity contribution is 5.86. The van der Waals surface area contributed by atoms with Crippen molar-refractivity contribution in [2.24, 2.45) is 16.5 Å². The molecule has 1 aliphatic heterocycles. The van der Waals surface area contributed by atoms with E-state index in [0.29, 0.717) is 12.4 Å². The fourth-order valence-corrected chi connectivity index (χ4v) is 0.788. The van der Waals surface area contributed by atoms with Gasteiger partial charge < -0.3 is 11.5 Å². The summed E-state index contributed by atoms with van der Waals surface area (Å²) in [5, 5.41) is 0. The molecule has 0 aromatic heterocycles. The molecule has 0 fully saturated rings. The quantitative estimate of drug-likeness (QED) is 0.568. The van der Waals surface area contributed by atoms with Gasteiger partial charge in [0.25, 0.3) is 0 Å². The lowest BCUT2D eigenvalue weighted by molar-refractivity contribution is 1.24. The molecule has 1 rings (SSSR count). The second-order valence-corrected chi connectivity index (χ2v) is 2.14. The Morgan fingerprint density at radius 3 is 3.00 bits per heavy atom. The molecule has 10 heavy (non-hydrogen) atoms. The van der Waals surface area contributed by atoms with Crippen LogP contribution in [0.1, 0.15) is 6.42 Å². The lowest BCUT2D eigenvalue weighted by Crippen LogP contribution is -2.07. The summed E-state index contributed by atoms with van der Waals surface area (Å²) in [6.45, 7) is 0.567. The van der Waals surface area contributed by atoms with E-state index in [2.05, 4.69) is 4.99 Å². The molecule has 0 aromatic rings. The summed E-state index contributed by atoms with van der Waals surface area (Å²) in [7, 11) is 0. The molecule has 0 aromatic carbocycles. The normalized spacial score (nSPS) is 17.7. The second-order valence-electron chi connectivity index (χ2n) is 2.14. The summed E-state index contributed by atoms with van der Waals surface area (Å²) in [5.41, 5.74) is 11.8. The van der Waals surface area contributed by atoms with Crippen molar-refractivity contribution in [1.29, 1.82) is 0 Å². The lowest BCUT2D eigenvalue weighted by Gasteiger charge is -1.89. The zero-order chi connectivity index (χ0) is 7.40. The van der Waals surface area contributed by atoms with Crippen LogP contribution in [0.25, 0.3) is 0 Å². The first-order valence-electron chi connectivity index (χ1n) is 3.20. The summed E-state index contributed by atoms with van der Waals surface area (Å²) in [4.78, 5) is 3.91. The highest BCUT2D eigenvalue weighted by Crippen LogP contribution is 2.09. The largest absolute Gasteiger partial charge is 0.387 e. The van der Waals surface area contributed by atoms with Gasteiger partial charge in [0.05, 0.1) is 0 Å². The average molecular weight is 137 g/mol. The Balaban J connectivity index is 2.42. The first-order chi connectivity index (χ1) is 4.83. The predicted octanol–water partition coefficient (Wildman–Crippen LogP) is 0.146. The van der Waals surface area contributed by atoms with Gasteiger partial charge in [0.2, 0.25) is 0 Å². The van der Waals surface area contributed by atoms with Crippen molar-refractivity contribution in [1.82, 2.24) is 0 Å². The van der Waals surface area contributed by atoms with Crippen LogP contribution in [0.4, 0.5) is 0 Å². The van der Waals surface area contributed by atoms with Gasteiger partial charge in [-0.2, -0.15) is 0 Å². The van der Waals surface area contributed by atoms with Crippen molar-refractivity contribution in [2.45, 2.75) is 6.42 Å². The van der Waals surface area contributed by atoms with Crippen molar-refractivity contribution in [3.63, 3.8) is 0 Å². The SMILES string of the molecule is NC/C=C/C1=CN=C(N)C1. The lowest BCUT2D eigenvalue weighted by atomic mass is 10.2. The average Bonchev–Trinajstić information content (AvgIpc) is 2.31. The fraction of sp³-hybridized carbons (Fsp3) is 0.286. The Labute approximate surface area is 60.1 Å². The molecule has 1 aliphatic rings. The van der Waals surface area contributed by atoms with Crippen molar-refractivity contribution in [2.75, 3.05) is 6.54 Å². The van der Waals surface area contributed by atoms with Gasteiger partial charge in [0.15, 0.2) is 0 Å². The molecule has 4 N–H and O–H groups in total. The van der Waals surface area contributed by atoms with E-state index >= 15 is 0 Å². The third kappa shape index (κ3) is 1.70. The van der Waals surface area contributed by atoms with Gasteiger partial charge in [-0.25, -0.2) is 4.99 Å². The van der Waals surface area contributed by atoms with Crippen LogP contribution >= 0.6 is 0 Å². The minimum Gasteiger partial charge on any atom is -0.387 e. The zero-order valence-electron chi connectivity index (χ0n) is 5.75. The van der Waals surface area contributed by atoms with Crippen LogP contribution in [0.5, 0.6) is 0 Å². The van der Waals surface area contributed by atoms with E-state index in [1.54, 1.807) is 6.20 Å². The van der Waals surface area contributed by atoms with E-state index in [0.717, 1.165) is 12.0 Å². The molecule has 0 saturated carbocycles. The van der Waals surface area contributed by atoms with Crippen molar-refractivity contribution in [3.8, 4) is 0 Å². The van der Waals surface area contributed by atoms with Gasteiger partial charge in [-0.3, -0.25) is 0 Å². The van der Waals surface area contributed by atoms with Crippen LogP contribution in [-0.2, 0) is 0 Å². The molecule has 3 heteroatoms. The molecule has 0 spiro atoms. The molecule has 0 atom stereocenters. The van der Waals surface area contributed by atoms with Crippen LogP contribution in [0, 0.1) is 0 Å². The molecule has 0 saturated heterocycles. The standard InChI is InChI=1S/C7H11N3/c8-3-1-2-6-4-7(9)10-5-6/h1-2,5H,3-4,8H2,(H2,9,10)/b2-1+. The van der Waals surface area contributed by atoms with Crippen molar-refractivity contribution >= 4 is 5.84 Å². The maximum absolute atomic E-state index is 5.43. The second kappa shape index (κ2) is 3.17. The third-order valence-electron chi connectivity index (χ3n) is 1.25. The minimum atomic E-state index is 0.567. The summed E-state index contributed by atoms with van der Waals surface area (Å²) in [6.07, 6.45) is 6.36. The van der Waals surface area contributed by atoms with Crippen LogP contribution < -0.4 is 11.5 Å². The first kappa shape index (κ1) is 7.02.